The van der Waals surface area contributed by atoms with Crippen LogP contribution >= 0.6 is 0 Å². The first-order valence-electron chi connectivity index (χ1n) is 8.21. The molecule has 0 aliphatic heterocycles. The van der Waals surface area contributed by atoms with Gasteiger partial charge in [-0.3, -0.25) is 0 Å². The Bertz CT molecular complexity index is 472. The third-order valence-corrected chi connectivity index (χ3v) is 4.17. The summed E-state index contributed by atoms with van der Waals surface area (Å²) in [5, 5.41) is 3.34. The summed E-state index contributed by atoms with van der Waals surface area (Å²) in [6.45, 7) is 1.87. The molecule has 6 heteroatoms. The Morgan fingerprint density at radius 2 is 1.95 bits per heavy atom. The highest BCUT2D eigenvalue weighted by molar-refractivity contribution is 5.67. The molecule has 2 rings (SSSR count). The Morgan fingerprint density at radius 3 is 2.59 bits per heavy atom. The van der Waals surface area contributed by atoms with Gasteiger partial charge < -0.3 is 20.7 Å². The second kappa shape index (κ2) is 8.17. The Morgan fingerprint density at radius 1 is 1.23 bits per heavy atom. The Kier molecular flexibility index (Phi) is 6.24. The number of methoxy groups -OCH3 is 1. The molecule has 1 heterocycles. The minimum Gasteiger partial charge on any atom is -0.479 e. The number of hydrogen-bond donors (Lipinski definition) is 2. The number of nitrogens with zero attached hydrogens (tertiary/aromatic N) is 3. The summed E-state index contributed by atoms with van der Waals surface area (Å²) in [5.41, 5.74) is 6.62. The zero-order chi connectivity index (χ0) is 15.9. The highest BCUT2D eigenvalue weighted by Gasteiger charge is 2.21. The van der Waals surface area contributed by atoms with Gasteiger partial charge in [0.05, 0.1) is 7.11 Å². The van der Waals surface area contributed by atoms with E-state index in [1.165, 1.54) is 19.3 Å². The number of rotatable bonds is 7. The van der Waals surface area contributed by atoms with Crippen LogP contribution < -0.4 is 15.8 Å². The van der Waals surface area contributed by atoms with Crippen LogP contribution in [0.5, 0.6) is 5.88 Å². The number of hydrogen-bond acceptors (Lipinski definition) is 6. The normalized spacial score (nSPS) is 16.0. The van der Waals surface area contributed by atoms with Crippen LogP contribution in [0.1, 0.15) is 50.3 Å². The molecule has 124 valence electrons. The van der Waals surface area contributed by atoms with Crippen LogP contribution in [0.3, 0.4) is 0 Å². The molecular weight excluding hydrogens is 278 g/mol. The van der Waals surface area contributed by atoms with Crippen molar-refractivity contribution in [1.82, 2.24) is 14.9 Å². The van der Waals surface area contributed by atoms with Crippen LogP contribution in [-0.2, 0) is 0 Å². The molecule has 0 spiro atoms. The number of anilines is 2. The van der Waals surface area contributed by atoms with Crippen molar-refractivity contribution in [3.63, 3.8) is 0 Å². The van der Waals surface area contributed by atoms with Crippen molar-refractivity contribution in [3.8, 4) is 5.88 Å². The number of ether oxygens (including phenoxy) is 1. The molecule has 0 aromatic carbocycles. The summed E-state index contributed by atoms with van der Waals surface area (Å²) >= 11 is 0. The van der Waals surface area contributed by atoms with Crippen molar-refractivity contribution in [2.24, 2.45) is 0 Å². The first-order valence-corrected chi connectivity index (χ1v) is 8.21. The van der Waals surface area contributed by atoms with Crippen molar-refractivity contribution in [2.75, 3.05) is 45.3 Å². The van der Waals surface area contributed by atoms with E-state index in [2.05, 4.69) is 34.3 Å². The molecule has 0 radical (unpaired) electrons. The predicted molar refractivity (Wildman–Crippen MR) is 90.5 cm³/mol. The van der Waals surface area contributed by atoms with Gasteiger partial charge in [-0.15, -0.1) is 0 Å². The average molecular weight is 307 g/mol. The zero-order valence-electron chi connectivity index (χ0n) is 14.1. The Hall–Kier alpha value is -1.56. The fourth-order valence-electron chi connectivity index (χ4n) is 2.90. The SMILES string of the molecule is COc1nc(C2CCCCC2)nc(NCCCN(C)C)c1N. The van der Waals surface area contributed by atoms with Gasteiger partial charge in [-0.1, -0.05) is 19.3 Å². The molecule has 1 aliphatic carbocycles. The van der Waals surface area contributed by atoms with E-state index in [0.29, 0.717) is 23.3 Å². The van der Waals surface area contributed by atoms with Crippen LogP contribution in [0.4, 0.5) is 11.5 Å². The smallest absolute Gasteiger partial charge is 0.242 e. The van der Waals surface area contributed by atoms with Crippen molar-refractivity contribution < 1.29 is 4.74 Å². The summed E-state index contributed by atoms with van der Waals surface area (Å²) in [6, 6.07) is 0. The fourth-order valence-corrected chi connectivity index (χ4v) is 2.90. The summed E-state index contributed by atoms with van der Waals surface area (Å²) in [6.07, 6.45) is 7.19. The topological polar surface area (TPSA) is 76.3 Å². The molecule has 1 aromatic rings. The van der Waals surface area contributed by atoms with Crippen molar-refractivity contribution >= 4 is 11.5 Å². The standard InChI is InChI=1S/C16H29N5O/c1-21(2)11-7-10-18-15-13(17)16(22-3)20-14(19-15)12-8-5-4-6-9-12/h12H,4-11,17H2,1-3H3,(H,18,19,20). The van der Waals surface area contributed by atoms with E-state index in [1.807, 2.05) is 0 Å². The van der Waals surface area contributed by atoms with E-state index >= 15 is 0 Å². The lowest BCUT2D eigenvalue weighted by Crippen LogP contribution is -2.18. The molecule has 0 atom stereocenters. The lowest BCUT2D eigenvalue weighted by atomic mass is 9.88. The molecule has 1 fully saturated rings. The summed E-state index contributed by atoms with van der Waals surface area (Å²) in [5.74, 6) is 2.52. The lowest BCUT2D eigenvalue weighted by Gasteiger charge is -2.22. The summed E-state index contributed by atoms with van der Waals surface area (Å²) in [7, 11) is 5.76. The maximum Gasteiger partial charge on any atom is 0.242 e. The van der Waals surface area contributed by atoms with E-state index in [4.69, 9.17) is 10.5 Å². The minimum atomic E-state index is 0.436. The lowest BCUT2D eigenvalue weighted by molar-refractivity contribution is 0.385. The van der Waals surface area contributed by atoms with E-state index < -0.39 is 0 Å². The largest absolute Gasteiger partial charge is 0.479 e. The quantitative estimate of drug-likeness (QED) is 0.754. The summed E-state index contributed by atoms with van der Waals surface area (Å²) in [4.78, 5) is 11.4. The molecule has 0 saturated heterocycles. The van der Waals surface area contributed by atoms with Gasteiger partial charge in [-0.05, 0) is 39.9 Å². The molecule has 0 bridgehead atoms. The van der Waals surface area contributed by atoms with E-state index in [0.717, 1.165) is 38.2 Å². The molecule has 1 saturated carbocycles. The van der Waals surface area contributed by atoms with E-state index in [1.54, 1.807) is 7.11 Å². The Balaban J connectivity index is 2.09. The zero-order valence-corrected chi connectivity index (χ0v) is 14.1. The highest BCUT2D eigenvalue weighted by Crippen LogP contribution is 2.34. The van der Waals surface area contributed by atoms with Crippen molar-refractivity contribution in [3.05, 3.63) is 5.82 Å². The molecular formula is C16H29N5O. The van der Waals surface area contributed by atoms with Crippen LogP contribution in [0.25, 0.3) is 0 Å². The Labute approximate surface area is 133 Å². The van der Waals surface area contributed by atoms with Crippen LogP contribution in [0.2, 0.25) is 0 Å². The van der Waals surface area contributed by atoms with Crippen LogP contribution in [-0.4, -0.2) is 49.2 Å². The average Bonchev–Trinajstić information content (AvgIpc) is 2.53. The third-order valence-electron chi connectivity index (χ3n) is 4.17. The molecule has 0 unspecified atom stereocenters. The first kappa shape index (κ1) is 16.8. The molecule has 0 amide bonds. The predicted octanol–water partition coefficient (Wildman–Crippen LogP) is 2.48. The minimum absolute atomic E-state index is 0.436. The first-order chi connectivity index (χ1) is 10.6. The van der Waals surface area contributed by atoms with Crippen molar-refractivity contribution in [2.45, 2.75) is 44.4 Å². The molecule has 1 aliphatic rings. The molecule has 22 heavy (non-hydrogen) atoms. The number of nitrogen functional groups attached to an aromatic ring is 1. The van der Waals surface area contributed by atoms with Gasteiger partial charge in [0.1, 0.15) is 11.5 Å². The number of nitrogens with one attached hydrogen (secondary N) is 1. The van der Waals surface area contributed by atoms with Gasteiger partial charge >= 0.3 is 0 Å². The van der Waals surface area contributed by atoms with Gasteiger partial charge in [0, 0.05) is 12.5 Å². The monoisotopic (exact) mass is 307 g/mol. The summed E-state index contributed by atoms with van der Waals surface area (Å²) < 4.78 is 5.34. The van der Waals surface area contributed by atoms with Crippen LogP contribution in [0, 0.1) is 0 Å². The molecule has 3 N–H and O–H groups in total. The van der Waals surface area contributed by atoms with Gasteiger partial charge in [0.25, 0.3) is 0 Å². The van der Waals surface area contributed by atoms with Gasteiger partial charge in [-0.25, -0.2) is 4.98 Å². The fraction of sp³-hybridized carbons (Fsp3) is 0.750. The second-order valence-electron chi connectivity index (χ2n) is 6.27. The maximum atomic E-state index is 6.11. The van der Waals surface area contributed by atoms with E-state index in [9.17, 15) is 0 Å². The third kappa shape index (κ3) is 4.47. The number of nitrogens with two attached hydrogens (primary N) is 1. The van der Waals surface area contributed by atoms with Gasteiger partial charge in [-0.2, -0.15) is 4.98 Å². The van der Waals surface area contributed by atoms with Crippen molar-refractivity contribution in [1.29, 1.82) is 0 Å². The molecule has 6 nitrogen and oxygen atoms in total. The second-order valence-corrected chi connectivity index (χ2v) is 6.27. The van der Waals surface area contributed by atoms with Gasteiger partial charge in [0.15, 0.2) is 5.82 Å². The van der Waals surface area contributed by atoms with E-state index in [-0.39, 0.29) is 0 Å². The van der Waals surface area contributed by atoms with Gasteiger partial charge in [0.2, 0.25) is 5.88 Å². The maximum absolute atomic E-state index is 6.11. The molecule has 1 aromatic heterocycles. The van der Waals surface area contributed by atoms with Crippen LogP contribution in [0.15, 0.2) is 0 Å². The number of aromatic nitrogens is 2. The highest BCUT2D eigenvalue weighted by atomic mass is 16.5.